The quantitative estimate of drug-likeness (QED) is 0.722. The van der Waals surface area contributed by atoms with E-state index in [0.717, 1.165) is 49.3 Å². The number of hydrogen-bond donors (Lipinski definition) is 0. The van der Waals surface area contributed by atoms with E-state index < -0.39 is 0 Å². The molecule has 5 nitrogen and oxygen atoms in total. The molecular weight excluding hydrogens is 336 g/mol. The Labute approximate surface area is 158 Å². The number of hydrogen-bond acceptors (Lipinski definition) is 4. The first kappa shape index (κ1) is 17.3. The van der Waals surface area contributed by atoms with Gasteiger partial charge in [-0.15, -0.1) is 0 Å². The summed E-state index contributed by atoms with van der Waals surface area (Å²) < 4.78 is 1.57. The number of rotatable bonds is 3. The third-order valence-corrected chi connectivity index (χ3v) is 5.33. The molecule has 0 amide bonds. The van der Waals surface area contributed by atoms with Crippen LogP contribution in [-0.4, -0.2) is 35.6 Å². The fourth-order valence-corrected chi connectivity index (χ4v) is 3.88. The molecule has 2 heterocycles. The molecule has 136 valence electrons. The number of benzene rings is 2. The minimum absolute atomic E-state index is 0.224. The zero-order valence-electron chi connectivity index (χ0n) is 15.4. The lowest BCUT2D eigenvalue weighted by atomic mass is 10.1. The van der Waals surface area contributed by atoms with E-state index in [9.17, 15) is 10.1 Å². The van der Waals surface area contributed by atoms with Crippen LogP contribution in [0.2, 0.25) is 0 Å². The van der Waals surface area contributed by atoms with E-state index in [4.69, 9.17) is 0 Å². The van der Waals surface area contributed by atoms with Gasteiger partial charge in [0.25, 0.3) is 5.56 Å². The maximum atomic E-state index is 12.7. The smallest absolute Gasteiger partial charge is 0.270 e. The molecule has 0 radical (unpaired) electrons. The molecule has 0 unspecified atom stereocenters. The highest BCUT2D eigenvalue weighted by Crippen LogP contribution is 2.29. The van der Waals surface area contributed by atoms with E-state index in [-0.39, 0.29) is 11.1 Å². The Morgan fingerprint density at radius 3 is 2.33 bits per heavy atom. The maximum Gasteiger partial charge on any atom is 0.270 e. The van der Waals surface area contributed by atoms with Crippen LogP contribution >= 0.6 is 0 Å². The van der Waals surface area contributed by atoms with Crippen molar-refractivity contribution in [1.29, 1.82) is 5.26 Å². The van der Waals surface area contributed by atoms with Crippen molar-refractivity contribution >= 4 is 16.6 Å². The molecule has 0 N–H and O–H groups in total. The van der Waals surface area contributed by atoms with Gasteiger partial charge in [0.05, 0.1) is 11.2 Å². The molecular formula is C22H22N4O. The van der Waals surface area contributed by atoms with Gasteiger partial charge in [-0.3, -0.25) is 9.69 Å². The van der Waals surface area contributed by atoms with Crippen molar-refractivity contribution in [1.82, 2.24) is 9.47 Å². The van der Waals surface area contributed by atoms with Crippen LogP contribution in [0.3, 0.4) is 0 Å². The first-order valence-electron chi connectivity index (χ1n) is 9.22. The predicted octanol–water partition coefficient (Wildman–Crippen LogP) is 2.73. The van der Waals surface area contributed by atoms with Gasteiger partial charge in [0.2, 0.25) is 0 Å². The summed E-state index contributed by atoms with van der Waals surface area (Å²) in [5.41, 5.74) is 2.98. The average molecular weight is 358 g/mol. The number of nitriles is 1. The fraction of sp³-hybridized carbons (Fsp3) is 0.273. The molecule has 3 aromatic rings. The summed E-state index contributed by atoms with van der Waals surface area (Å²) in [6, 6.07) is 20.4. The number of aryl methyl sites for hydroxylation is 1. The van der Waals surface area contributed by atoms with E-state index in [0.29, 0.717) is 0 Å². The summed E-state index contributed by atoms with van der Waals surface area (Å²) in [5, 5.41) is 10.6. The second-order valence-corrected chi connectivity index (χ2v) is 6.97. The van der Waals surface area contributed by atoms with Gasteiger partial charge in [-0.2, -0.15) is 5.26 Å². The zero-order chi connectivity index (χ0) is 18.8. The molecule has 1 aromatic heterocycles. The molecule has 5 heteroatoms. The monoisotopic (exact) mass is 358 g/mol. The van der Waals surface area contributed by atoms with Gasteiger partial charge in [-0.25, -0.2) is 0 Å². The number of fused-ring (bicyclic) bond motifs is 1. The van der Waals surface area contributed by atoms with Gasteiger partial charge >= 0.3 is 0 Å². The van der Waals surface area contributed by atoms with Crippen molar-refractivity contribution in [2.45, 2.75) is 6.54 Å². The van der Waals surface area contributed by atoms with Crippen LogP contribution in [-0.2, 0) is 13.6 Å². The SMILES string of the molecule is Cn1c(=O)c(C#N)c(N2CCN(Cc3ccccc3)CC2)c2ccccc21. The van der Waals surface area contributed by atoms with Crippen molar-refractivity contribution in [2.75, 3.05) is 31.1 Å². The molecule has 0 spiro atoms. The molecule has 1 saturated heterocycles. The third-order valence-electron chi connectivity index (χ3n) is 5.33. The first-order valence-corrected chi connectivity index (χ1v) is 9.22. The second kappa shape index (κ2) is 7.26. The Morgan fingerprint density at radius 1 is 0.963 bits per heavy atom. The predicted molar refractivity (Wildman–Crippen MR) is 108 cm³/mol. The summed E-state index contributed by atoms with van der Waals surface area (Å²) in [5.74, 6) is 0. The molecule has 0 aliphatic carbocycles. The van der Waals surface area contributed by atoms with Crippen LogP contribution in [0.4, 0.5) is 5.69 Å². The lowest BCUT2D eigenvalue weighted by Gasteiger charge is -2.37. The number of anilines is 1. The normalized spacial score (nSPS) is 15.0. The minimum Gasteiger partial charge on any atom is -0.367 e. The van der Waals surface area contributed by atoms with Gasteiger partial charge in [0, 0.05) is 45.2 Å². The van der Waals surface area contributed by atoms with Crippen LogP contribution in [0, 0.1) is 11.3 Å². The number of para-hydroxylation sites is 1. The molecule has 0 atom stereocenters. The Balaban J connectivity index is 1.64. The molecule has 1 aliphatic heterocycles. The Hall–Kier alpha value is -3.10. The molecule has 0 saturated carbocycles. The molecule has 2 aromatic carbocycles. The van der Waals surface area contributed by atoms with E-state index >= 15 is 0 Å². The van der Waals surface area contributed by atoms with Gasteiger partial charge in [0.15, 0.2) is 0 Å². The highest BCUT2D eigenvalue weighted by Gasteiger charge is 2.24. The number of pyridine rings is 1. The van der Waals surface area contributed by atoms with Crippen molar-refractivity contribution < 1.29 is 0 Å². The number of nitrogens with zero attached hydrogens (tertiary/aromatic N) is 4. The van der Waals surface area contributed by atoms with Crippen LogP contribution < -0.4 is 10.5 Å². The zero-order valence-corrected chi connectivity index (χ0v) is 15.4. The number of aromatic nitrogens is 1. The lowest BCUT2D eigenvalue weighted by Crippen LogP contribution is -2.46. The first-order chi connectivity index (χ1) is 13.2. The van der Waals surface area contributed by atoms with Crippen LogP contribution in [0.5, 0.6) is 0 Å². The van der Waals surface area contributed by atoms with E-state index in [2.05, 4.69) is 40.1 Å². The van der Waals surface area contributed by atoms with Gasteiger partial charge in [-0.1, -0.05) is 48.5 Å². The maximum absolute atomic E-state index is 12.7. The van der Waals surface area contributed by atoms with E-state index in [1.165, 1.54) is 5.56 Å². The van der Waals surface area contributed by atoms with Gasteiger partial charge in [0.1, 0.15) is 11.6 Å². The lowest BCUT2D eigenvalue weighted by molar-refractivity contribution is 0.250. The largest absolute Gasteiger partial charge is 0.367 e. The van der Waals surface area contributed by atoms with E-state index in [1.54, 1.807) is 11.6 Å². The summed E-state index contributed by atoms with van der Waals surface area (Å²) in [6.07, 6.45) is 0. The van der Waals surface area contributed by atoms with Gasteiger partial charge in [-0.05, 0) is 11.6 Å². The van der Waals surface area contributed by atoms with Crippen molar-refractivity contribution in [3.8, 4) is 6.07 Å². The van der Waals surface area contributed by atoms with Crippen molar-refractivity contribution in [2.24, 2.45) is 7.05 Å². The van der Waals surface area contributed by atoms with Crippen LogP contribution in [0.25, 0.3) is 10.9 Å². The third kappa shape index (κ3) is 3.20. The molecule has 1 fully saturated rings. The molecule has 27 heavy (non-hydrogen) atoms. The Kier molecular flexibility index (Phi) is 4.66. The van der Waals surface area contributed by atoms with Gasteiger partial charge < -0.3 is 9.47 Å². The topological polar surface area (TPSA) is 52.3 Å². The summed E-state index contributed by atoms with van der Waals surface area (Å²) >= 11 is 0. The standard InChI is InChI=1S/C22H22N4O/c1-24-20-10-6-5-9-18(20)21(19(15-23)22(24)27)26-13-11-25(12-14-26)16-17-7-3-2-4-8-17/h2-10H,11-14,16H2,1H3. The van der Waals surface area contributed by atoms with Crippen molar-refractivity contribution in [3.63, 3.8) is 0 Å². The Morgan fingerprint density at radius 2 is 1.63 bits per heavy atom. The highest BCUT2D eigenvalue weighted by molar-refractivity contribution is 5.94. The molecule has 0 bridgehead atoms. The molecule has 4 rings (SSSR count). The minimum atomic E-state index is -0.224. The summed E-state index contributed by atoms with van der Waals surface area (Å²) in [4.78, 5) is 17.3. The van der Waals surface area contributed by atoms with E-state index in [1.807, 2.05) is 30.3 Å². The second-order valence-electron chi connectivity index (χ2n) is 6.97. The molecule has 1 aliphatic rings. The average Bonchev–Trinajstić information content (AvgIpc) is 2.72. The number of piperazine rings is 1. The Bertz CT molecular complexity index is 1060. The van der Waals surface area contributed by atoms with Crippen molar-refractivity contribution in [3.05, 3.63) is 76.1 Å². The highest BCUT2D eigenvalue weighted by atomic mass is 16.1. The summed E-state index contributed by atoms with van der Waals surface area (Å²) in [6.45, 7) is 4.35. The summed E-state index contributed by atoms with van der Waals surface area (Å²) in [7, 11) is 1.73. The van der Waals surface area contributed by atoms with Crippen LogP contribution in [0.1, 0.15) is 11.1 Å². The fourth-order valence-electron chi connectivity index (χ4n) is 3.88. The van der Waals surface area contributed by atoms with Crippen LogP contribution in [0.15, 0.2) is 59.4 Å².